The Labute approximate surface area is 77.3 Å². The number of alkyl halides is 2. The van der Waals surface area contributed by atoms with Gasteiger partial charge in [-0.25, -0.2) is 8.78 Å². The van der Waals surface area contributed by atoms with E-state index in [2.05, 4.69) is 4.74 Å². The van der Waals surface area contributed by atoms with Crippen molar-refractivity contribution >= 4 is 5.97 Å². The minimum absolute atomic E-state index is 0.610. The van der Waals surface area contributed by atoms with E-state index in [9.17, 15) is 13.6 Å². The van der Waals surface area contributed by atoms with Crippen molar-refractivity contribution in [1.82, 2.24) is 0 Å². The van der Waals surface area contributed by atoms with Gasteiger partial charge in [-0.15, -0.1) is 0 Å². The number of carbonyl (C=O) groups is 1. The molecule has 0 aliphatic rings. The SMILES string of the molecule is CC(OC(=O)C(C)(C)C)C(C)(F)F. The highest BCUT2D eigenvalue weighted by molar-refractivity contribution is 5.75. The summed E-state index contributed by atoms with van der Waals surface area (Å²) < 4.78 is 29.8. The first kappa shape index (κ1) is 12.3. The Kier molecular flexibility index (Phi) is 3.41. The van der Waals surface area contributed by atoms with E-state index in [1.807, 2.05) is 0 Å². The van der Waals surface area contributed by atoms with Crippen molar-refractivity contribution in [2.24, 2.45) is 5.41 Å². The van der Waals surface area contributed by atoms with Crippen LogP contribution in [0.15, 0.2) is 0 Å². The second-order valence-corrected chi connectivity index (χ2v) is 4.25. The molecule has 0 heterocycles. The molecule has 1 unspecified atom stereocenters. The number of hydrogen-bond donors (Lipinski definition) is 0. The van der Waals surface area contributed by atoms with Gasteiger partial charge in [0, 0.05) is 6.92 Å². The molecule has 0 aliphatic heterocycles. The van der Waals surface area contributed by atoms with E-state index in [1.165, 1.54) is 6.92 Å². The molecule has 0 fully saturated rings. The van der Waals surface area contributed by atoms with E-state index >= 15 is 0 Å². The Morgan fingerprint density at radius 1 is 1.23 bits per heavy atom. The lowest BCUT2D eigenvalue weighted by Gasteiger charge is -2.24. The summed E-state index contributed by atoms with van der Waals surface area (Å²) in [5.41, 5.74) is -0.737. The summed E-state index contributed by atoms with van der Waals surface area (Å²) in [4.78, 5) is 11.2. The monoisotopic (exact) mass is 194 g/mol. The van der Waals surface area contributed by atoms with Gasteiger partial charge in [0.25, 0.3) is 5.92 Å². The molecule has 0 aromatic rings. The van der Waals surface area contributed by atoms with Gasteiger partial charge >= 0.3 is 5.97 Å². The van der Waals surface area contributed by atoms with Crippen LogP contribution in [-0.4, -0.2) is 18.0 Å². The molecule has 0 aromatic heterocycles. The minimum atomic E-state index is -2.99. The van der Waals surface area contributed by atoms with Crippen LogP contribution in [0.3, 0.4) is 0 Å². The van der Waals surface area contributed by atoms with Crippen LogP contribution < -0.4 is 0 Å². The number of hydrogen-bond acceptors (Lipinski definition) is 2. The molecule has 0 radical (unpaired) electrons. The Balaban J connectivity index is 4.24. The van der Waals surface area contributed by atoms with Crippen LogP contribution in [0.25, 0.3) is 0 Å². The summed E-state index contributed by atoms with van der Waals surface area (Å²) in [7, 11) is 0. The summed E-state index contributed by atoms with van der Waals surface area (Å²) in [6.45, 7) is 6.78. The minimum Gasteiger partial charge on any atom is -0.456 e. The van der Waals surface area contributed by atoms with Gasteiger partial charge in [0.15, 0.2) is 6.10 Å². The van der Waals surface area contributed by atoms with E-state index in [0.29, 0.717) is 0 Å². The van der Waals surface area contributed by atoms with E-state index < -0.39 is 23.4 Å². The van der Waals surface area contributed by atoms with Crippen molar-refractivity contribution in [3.8, 4) is 0 Å². The Hall–Kier alpha value is -0.670. The standard InChI is InChI=1S/C9H16F2O2/c1-6(9(5,10)11)13-7(12)8(2,3)4/h6H,1-5H3. The van der Waals surface area contributed by atoms with E-state index in [0.717, 1.165) is 6.92 Å². The van der Waals surface area contributed by atoms with Crippen molar-refractivity contribution in [3.63, 3.8) is 0 Å². The van der Waals surface area contributed by atoms with Gasteiger partial charge < -0.3 is 4.74 Å². The quantitative estimate of drug-likeness (QED) is 0.631. The van der Waals surface area contributed by atoms with Gasteiger partial charge in [-0.3, -0.25) is 4.79 Å². The van der Waals surface area contributed by atoms with Crippen molar-refractivity contribution in [1.29, 1.82) is 0 Å². The number of halogens is 2. The molecule has 2 nitrogen and oxygen atoms in total. The summed E-state index contributed by atoms with van der Waals surface area (Å²) >= 11 is 0. The molecule has 78 valence electrons. The number of esters is 1. The van der Waals surface area contributed by atoms with Gasteiger partial charge in [-0.05, 0) is 27.7 Å². The van der Waals surface area contributed by atoms with Crippen LogP contribution in [0, 0.1) is 5.41 Å². The average Bonchev–Trinajstić information content (AvgIpc) is 1.82. The molecule has 0 aliphatic carbocycles. The lowest BCUT2D eigenvalue weighted by molar-refractivity contribution is -0.176. The molecule has 0 saturated carbocycles. The lowest BCUT2D eigenvalue weighted by Crippen LogP contribution is -2.36. The van der Waals surface area contributed by atoms with Crippen LogP contribution >= 0.6 is 0 Å². The average molecular weight is 194 g/mol. The summed E-state index contributed by atoms with van der Waals surface area (Å²) in [5.74, 6) is -3.59. The predicted octanol–water partition coefficient (Wildman–Crippen LogP) is 2.62. The van der Waals surface area contributed by atoms with Gasteiger partial charge in [0.2, 0.25) is 0 Å². The molecule has 0 bridgehead atoms. The normalized spacial score (nSPS) is 15.3. The van der Waals surface area contributed by atoms with E-state index in [-0.39, 0.29) is 0 Å². The van der Waals surface area contributed by atoms with Gasteiger partial charge in [0.1, 0.15) is 0 Å². The topological polar surface area (TPSA) is 26.3 Å². The summed E-state index contributed by atoms with van der Waals surface area (Å²) in [6, 6.07) is 0. The largest absolute Gasteiger partial charge is 0.456 e. The van der Waals surface area contributed by atoms with Gasteiger partial charge in [0.05, 0.1) is 5.41 Å². The number of ether oxygens (including phenoxy) is 1. The Morgan fingerprint density at radius 2 is 1.62 bits per heavy atom. The van der Waals surface area contributed by atoms with Crippen LogP contribution in [0.4, 0.5) is 8.78 Å². The highest BCUT2D eigenvalue weighted by atomic mass is 19.3. The molecule has 0 spiro atoms. The Morgan fingerprint density at radius 3 is 1.85 bits per heavy atom. The molecular formula is C9H16F2O2. The van der Waals surface area contributed by atoms with Crippen molar-refractivity contribution in [2.75, 3.05) is 0 Å². The maximum Gasteiger partial charge on any atom is 0.311 e. The third-order valence-electron chi connectivity index (χ3n) is 1.61. The molecule has 4 heteroatoms. The lowest BCUT2D eigenvalue weighted by atomic mass is 9.97. The van der Waals surface area contributed by atoms with E-state index in [4.69, 9.17) is 0 Å². The zero-order chi connectivity index (χ0) is 10.9. The van der Waals surface area contributed by atoms with E-state index in [1.54, 1.807) is 20.8 Å². The first-order valence-corrected chi connectivity index (χ1v) is 4.14. The van der Waals surface area contributed by atoms with Crippen LogP contribution in [-0.2, 0) is 9.53 Å². The number of carbonyl (C=O) groups excluding carboxylic acids is 1. The highest BCUT2D eigenvalue weighted by Crippen LogP contribution is 2.23. The zero-order valence-corrected chi connectivity index (χ0v) is 8.65. The van der Waals surface area contributed by atoms with Gasteiger partial charge in [-0.1, -0.05) is 0 Å². The molecule has 0 saturated heterocycles. The van der Waals surface area contributed by atoms with Crippen LogP contribution in [0.1, 0.15) is 34.6 Å². The smallest absolute Gasteiger partial charge is 0.311 e. The molecule has 0 N–H and O–H groups in total. The predicted molar refractivity (Wildman–Crippen MR) is 45.6 cm³/mol. The van der Waals surface area contributed by atoms with Crippen molar-refractivity contribution in [2.45, 2.75) is 46.6 Å². The third kappa shape index (κ3) is 4.20. The Bertz CT molecular complexity index is 189. The zero-order valence-electron chi connectivity index (χ0n) is 8.65. The first-order valence-electron chi connectivity index (χ1n) is 4.14. The van der Waals surface area contributed by atoms with Crippen molar-refractivity contribution < 1.29 is 18.3 Å². The second kappa shape index (κ2) is 3.60. The molecule has 1 atom stereocenters. The first-order chi connectivity index (χ1) is 5.55. The van der Waals surface area contributed by atoms with Crippen LogP contribution in [0.5, 0.6) is 0 Å². The maximum absolute atomic E-state index is 12.6. The summed E-state index contributed by atoms with van der Waals surface area (Å²) in [5, 5.41) is 0. The molecule has 0 rings (SSSR count). The fraction of sp³-hybridized carbons (Fsp3) is 0.889. The van der Waals surface area contributed by atoms with Gasteiger partial charge in [-0.2, -0.15) is 0 Å². The second-order valence-electron chi connectivity index (χ2n) is 4.25. The molecule has 13 heavy (non-hydrogen) atoms. The number of rotatable bonds is 2. The molecule has 0 aromatic carbocycles. The highest BCUT2D eigenvalue weighted by Gasteiger charge is 2.36. The third-order valence-corrected chi connectivity index (χ3v) is 1.61. The van der Waals surface area contributed by atoms with Crippen molar-refractivity contribution in [3.05, 3.63) is 0 Å². The fourth-order valence-corrected chi connectivity index (χ4v) is 0.441. The summed E-state index contributed by atoms with van der Waals surface area (Å²) in [6.07, 6.45) is -1.38. The molecule has 0 amide bonds. The molecular weight excluding hydrogens is 178 g/mol. The van der Waals surface area contributed by atoms with Crippen LogP contribution in [0.2, 0.25) is 0 Å². The maximum atomic E-state index is 12.6. The fourth-order valence-electron chi connectivity index (χ4n) is 0.441.